The largest absolute Gasteiger partial charge is 0.443 e. The van der Waals surface area contributed by atoms with E-state index in [-0.39, 0.29) is 5.92 Å². The van der Waals surface area contributed by atoms with E-state index in [0.29, 0.717) is 0 Å². The highest BCUT2D eigenvalue weighted by molar-refractivity contribution is 5.81. The predicted molar refractivity (Wildman–Crippen MR) is 80.4 cm³/mol. The van der Waals surface area contributed by atoms with Gasteiger partial charge in [-0.3, -0.25) is 0 Å². The third-order valence-electron chi connectivity index (χ3n) is 3.16. The Morgan fingerprint density at radius 2 is 1.52 bits per heavy atom. The van der Waals surface area contributed by atoms with E-state index < -0.39 is 12.1 Å². The van der Waals surface area contributed by atoms with E-state index >= 15 is 0 Å². The number of carbonyl (C=O) groups is 1. The molecule has 1 unspecified atom stereocenters. The van der Waals surface area contributed by atoms with Crippen LogP contribution in [0.2, 0.25) is 0 Å². The molecule has 3 nitrogen and oxygen atoms in total. The molecule has 0 amide bonds. The third-order valence-corrected chi connectivity index (χ3v) is 3.16. The molecule has 0 N–H and O–H groups in total. The van der Waals surface area contributed by atoms with E-state index in [9.17, 15) is 10.1 Å². The summed E-state index contributed by atoms with van der Waals surface area (Å²) < 4.78 is 5.20. The lowest BCUT2D eigenvalue weighted by Crippen LogP contribution is -2.24. The highest BCUT2D eigenvalue weighted by atomic mass is 16.5. The fourth-order valence-electron chi connectivity index (χ4n) is 2.20. The SMILES string of the molecule is C=CC(=O)OC(C#N)C(c1ccccc1)c1ccccc1. The smallest absolute Gasteiger partial charge is 0.331 e. The maximum absolute atomic E-state index is 11.5. The fourth-order valence-corrected chi connectivity index (χ4v) is 2.20. The van der Waals surface area contributed by atoms with Crippen LogP contribution in [0.4, 0.5) is 0 Å². The van der Waals surface area contributed by atoms with Crippen molar-refractivity contribution >= 4 is 5.97 Å². The molecule has 21 heavy (non-hydrogen) atoms. The van der Waals surface area contributed by atoms with Crippen molar-refractivity contribution in [2.45, 2.75) is 12.0 Å². The zero-order valence-electron chi connectivity index (χ0n) is 11.5. The van der Waals surface area contributed by atoms with Gasteiger partial charge >= 0.3 is 5.97 Å². The monoisotopic (exact) mass is 277 g/mol. The molecule has 0 bridgehead atoms. The number of rotatable bonds is 5. The van der Waals surface area contributed by atoms with Crippen molar-refractivity contribution in [2.75, 3.05) is 0 Å². The molecule has 0 spiro atoms. The van der Waals surface area contributed by atoms with Gasteiger partial charge in [0.15, 0.2) is 6.10 Å². The highest BCUT2D eigenvalue weighted by Crippen LogP contribution is 2.29. The summed E-state index contributed by atoms with van der Waals surface area (Å²) in [6.07, 6.45) is 0.164. The van der Waals surface area contributed by atoms with Gasteiger partial charge in [0.2, 0.25) is 0 Å². The Labute approximate surface area is 124 Å². The van der Waals surface area contributed by atoms with Gasteiger partial charge in [-0.1, -0.05) is 67.2 Å². The molecular weight excluding hydrogens is 262 g/mol. The van der Waals surface area contributed by atoms with Gasteiger partial charge in [0.25, 0.3) is 0 Å². The Morgan fingerprint density at radius 1 is 1.05 bits per heavy atom. The zero-order valence-corrected chi connectivity index (χ0v) is 11.5. The van der Waals surface area contributed by atoms with Crippen molar-refractivity contribution < 1.29 is 9.53 Å². The molecule has 0 saturated heterocycles. The van der Waals surface area contributed by atoms with E-state index in [1.54, 1.807) is 0 Å². The van der Waals surface area contributed by atoms with E-state index in [4.69, 9.17) is 4.74 Å². The van der Waals surface area contributed by atoms with E-state index in [0.717, 1.165) is 17.2 Å². The van der Waals surface area contributed by atoms with Crippen LogP contribution < -0.4 is 0 Å². The van der Waals surface area contributed by atoms with Crippen molar-refractivity contribution in [3.05, 3.63) is 84.4 Å². The third kappa shape index (κ3) is 3.58. The van der Waals surface area contributed by atoms with Gasteiger partial charge in [-0.25, -0.2) is 4.79 Å². The summed E-state index contributed by atoms with van der Waals surface area (Å²) in [5.74, 6) is -0.931. The molecular formula is C18H15NO2. The van der Waals surface area contributed by atoms with Crippen LogP contribution in [0.25, 0.3) is 0 Å². The molecule has 0 aromatic heterocycles. The molecule has 0 heterocycles. The van der Waals surface area contributed by atoms with Crippen LogP contribution in [0.3, 0.4) is 0 Å². The molecule has 1 atom stereocenters. The number of hydrogen-bond donors (Lipinski definition) is 0. The van der Waals surface area contributed by atoms with Gasteiger partial charge in [-0.05, 0) is 11.1 Å². The summed E-state index contributed by atoms with van der Waals surface area (Å²) >= 11 is 0. The molecule has 2 aromatic carbocycles. The molecule has 0 saturated carbocycles. The number of nitrogens with zero attached hydrogens (tertiary/aromatic N) is 1. The van der Waals surface area contributed by atoms with Crippen molar-refractivity contribution in [1.29, 1.82) is 5.26 Å². The first kappa shape index (κ1) is 14.5. The number of carbonyl (C=O) groups excluding carboxylic acids is 1. The van der Waals surface area contributed by atoms with E-state index in [2.05, 4.69) is 12.6 Å². The number of esters is 1. The normalized spacial score (nSPS) is 11.4. The van der Waals surface area contributed by atoms with Gasteiger partial charge in [0.1, 0.15) is 6.07 Å². The Balaban J connectivity index is 2.43. The van der Waals surface area contributed by atoms with Crippen LogP contribution >= 0.6 is 0 Å². The zero-order chi connectivity index (χ0) is 15.1. The summed E-state index contributed by atoms with van der Waals surface area (Å²) in [7, 11) is 0. The summed E-state index contributed by atoms with van der Waals surface area (Å²) in [4.78, 5) is 11.5. The van der Waals surface area contributed by atoms with E-state index in [1.807, 2.05) is 60.7 Å². The molecule has 0 aliphatic carbocycles. The maximum atomic E-state index is 11.5. The van der Waals surface area contributed by atoms with Crippen LogP contribution in [-0.2, 0) is 9.53 Å². The Morgan fingerprint density at radius 3 is 1.90 bits per heavy atom. The molecule has 2 rings (SSSR count). The summed E-state index contributed by atoms with van der Waals surface area (Å²) in [5.41, 5.74) is 1.85. The summed E-state index contributed by atoms with van der Waals surface area (Å²) in [6, 6.07) is 21.2. The van der Waals surface area contributed by atoms with Crippen molar-refractivity contribution in [2.24, 2.45) is 0 Å². The second kappa shape index (κ2) is 7.06. The van der Waals surface area contributed by atoms with Crippen molar-refractivity contribution in [1.82, 2.24) is 0 Å². The highest BCUT2D eigenvalue weighted by Gasteiger charge is 2.27. The van der Waals surface area contributed by atoms with Gasteiger partial charge in [-0.2, -0.15) is 5.26 Å². The van der Waals surface area contributed by atoms with E-state index in [1.165, 1.54) is 0 Å². The van der Waals surface area contributed by atoms with Gasteiger partial charge in [0, 0.05) is 6.08 Å². The minimum absolute atomic E-state index is 0.332. The second-order valence-corrected chi connectivity index (χ2v) is 4.49. The fraction of sp³-hybridized carbons (Fsp3) is 0.111. The van der Waals surface area contributed by atoms with Crippen molar-refractivity contribution in [3.8, 4) is 6.07 Å². The lowest BCUT2D eigenvalue weighted by molar-refractivity contribution is -0.141. The Kier molecular flexibility index (Phi) is 4.89. The maximum Gasteiger partial charge on any atom is 0.331 e. The lowest BCUT2D eigenvalue weighted by atomic mass is 9.87. The first-order valence-electron chi connectivity index (χ1n) is 6.59. The first-order chi connectivity index (χ1) is 10.3. The Bertz CT molecular complexity index is 604. The molecule has 0 aliphatic heterocycles. The molecule has 0 fully saturated rings. The van der Waals surface area contributed by atoms with Gasteiger partial charge < -0.3 is 4.74 Å². The topological polar surface area (TPSA) is 50.1 Å². The van der Waals surface area contributed by atoms with Crippen LogP contribution in [-0.4, -0.2) is 12.1 Å². The number of ether oxygens (including phenoxy) is 1. The van der Waals surface area contributed by atoms with Gasteiger partial charge in [-0.15, -0.1) is 0 Å². The molecule has 0 radical (unpaired) electrons. The van der Waals surface area contributed by atoms with Crippen LogP contribution in [0, 0.1) is 11.3 Å². The number of benzene rings is 2. The first-order valence-corrected chi connectivity index (χ1v) is 6.59. The average molecular weight is 277 g/mol. The number of nitriles is 1. The lowest BCUT2D eigenvalue weighted by Gasteiger charge is -2.22. The second-order valence-electron chi connectivity index (χ2n) is 4.49. The minimum Gasteiger partial charge on any atom is -0.443 e. The van der Waals surface area contributed by atoms with Crippen molar-refractivity contribution in [3.63, 3.8) is 0 Å². The van der Waals surface area contributed by atoms with Gasteiger partial charge in [0.05, 0.1) is 5.92 Å². The van der Waals surface area contributed by atoms with Crippen LogP contribution in [0.1, 0.15) is 17.0 Å². The molecule has 2 aromatic rings. The van der Waals surface area contributed by atoms with Crippen LogP contribution in [0.5, 0.6) is 0 Å². The standard InChI is InChI=1S/C18H15NO2/c1-2-17(20)21-16(13-19)18(14-9-5-3-6-10-14)15-11-7-4-8-12-15/h2-12,16,18H,1H2. The predicted octanol–water partition coefficient (Wildman–Crippen LogP) is 3.44. The Hall–Kier alpha value is -2.86. The average Bonchev–Trinajstić information content (AvgIpc) is 2.56. The minimum atomic E-state index is -0.903. The molecule has 0 aliphatic rings. The number of hydrogen-bond acceptors (Lipinski definition) is 3. The summed E-state index contributed by atoms with van der Waals surface area (Å²) in [6.45, 7) is 3.37. The van der Waals surface area contributed by atoms with Crippen LogP contribution in [0.15, 0.2) is 73.3 Å². The molecule has 104 valence electrons. The summed E-state index contributed by atoms with van der Waals surface area (Å²) in [5, 5.41) is 9.40. The molecule has 3 heteroatoms. The quantitative estimate of drug-likeness (QED) is 0.621.